The second-order valence-electron chi connectivity index (χ2n) is 9.48. The number of rotatable bonds is 36. The van der Waals surface area contributed by atoms with E-state index < -0.39 is 0 Å². The van der Waals surface area contributed by atoms with E-state index in [9.17, 15) is 4.79 Å². The first kappa shape index (κ1) is 41.9. The summed E-state index contributed by atoms with van der Waals surface area (Å²) in [5.74, 6) is 0.476. The normalized spacial score (nSPS) is 11.2. The zero-order valence-corrected chi connectivity index (χ0v) is 27.7. The summed E-state index contributed by atoms with van der Waals surface area (Å²) in [6.07, 6.45) is 1.22. The first-order valence-corrected chi connectivity index (χ1v) is 16.1. The van der Waals surface area contributed by atoms with Gasteiger partial charge in [0.1, 0.15) is 19.0 Å². The molecule has 268 valence electrons. The van der Waals surface area contributed by atoms with E-state index in [-0.39, 0.29) is 12.6 Å². The summed E-state index contributed by atoms with van der Waals surface area (Å²) in [5, 5.41) is 0. The predicted molar refractivity (Wildman–Crippen MR) is 170 cm³/mol. The number of nitrogens with two attached hydrogens (primary N) is 1. The smallest absolute Gasteiger partial charge is 0.305 e. The second-order valence-corrected chi connectivity index (χ2v) is 9.48. The lowest BCUT2D eigenvalue weighted by Gasteiger charge is -2.10. The van der Waals surface area contributed by atoms with Crippen LogP contribution in [0.4, 0.5) is 5.69 Å². The van der Waals surface area contributed by atoms with E-state index in [1.165, 1.54) is 0 Å². The van der Waals surface area contributed by atoms with Gasteiger partial charge in [-0.1, -0.05) is 19.1 Å². The quantitative estimate of drug-likeness (QED) is 0.0634. The van der Waals surface area contributed by atoms with Crippen LogP contribution in [0.25, 0.3) is 0 Å². The van der Waals surface area contributed by atoms with Crippen molar-refractivity contribution in [2.75, 3.05) is 151 Å². The van der Waals surface area contributed by atoms with Gasteiger partial charge in [0, 0.05) is 6.42 Å². The molecule has 0 aliphatic heterocycles. The van der Waals surface area contributed by atoms with Crippen LogP contribution < -0.4 is 10.5 Å². The Morgan fingerprint density at radius 1 is 0.478 bits per heavy atom. The molecule has 0 aliphatic rings. The minimum atomic E-state index is -0.190. The maximum atomic E-state index is 11.2. The Bertz CT molecular complexity index is 790. The van der Waals surface area contributed by atoms with Crippen molar-refractivity contribution in [1.29, 1.82) is 0 Å². The van der Waals surface area contributed by atoms with Gasteiger partial charge in [0.05, 0.1) is 138 Å². The van der Waals surface area contributed by atoms with E-state index in [1.54, 1.807) is 6.07 Å². The maximum absolute atomic E-state index is 11.2. The standard InChI is InChI=1S/C32H57NO13/c1-2-5-32(34)46-29-27-44-25-23-42-21-19-40-17-15-38-13-11-36-9-8-35-10-12-37-14-16-39-18-20-41-22-24-43-26-28-45-31-7-4-3-6-30(31)33/h3-4,6-7H,2,5,8-29,33H2,1H3. The average Bonchev–Trinajstić information content (AvgIpc) is 3.06. The highest BCUT2D eigenvalue weighted by Crippen LogP contribution is 2.19. The summed E-state index contributed by atoms with van der Waals surface area (Å²) < 4.78 is 65.0. The van der Waals surface area contributed by atoms with E-state index in [2.05, 4.69) is 0 Å². The van der Waals surface area contributed by atoms with Gasteiger partial charge in [0.2, 0.25) is 0 Å². The van der Waals surface area contributed by atoms with Crippen molar-refractivity contribution >= 4 is 11.7 Å². The van der Waals surface area contributed by atoms with E-state index in [0.29, 0.717) is 157 Å². The van der Waals surface area contributed by atoms with E-state index in [4.69, 9.17) is 62.6 Å². The Morgan fingerprint density at radius 3 is 1.11 bits per heavy atom. The van der Waals surface area contributed by atoms with Gasteiger partial charge in [-0.2, -0.15) is 0 Å². The molecule has 0 heterocycles. The number of esters is 1. The molecule has 0 amide bonds. The van der Waals surface area contributed by atoms with Crippen LogP contribution in [0, 0.1) is 0 Å². The van der Waals surface area contributed by atoms with Gasteiger partial charge in [0.25, 0.3) is 0 Å². The van der Waals surface area contributed by atoms with Crippen LogP contribution in [0.1, 0.15) is 19.8 Å². The van der Waals surface area contributed by atoms with Gasteiger partial charge in [0.15, 0.2) is 0 Å². The van der Waals surface area contributed by atoms with Gasteiger partial charge in [-0.3, -0.25) is 4.79 Å². The third kappa shape index (κ3) is 29.3. The number of para-hydroxylation sites is 2. The molecule has 0 fully saturated rings. The Labute approximate surface area is 274 Å². The van der Waals surface area contributed by atoms with E-state index >= 15 is 0 Å². The number of hydrogen-bond donors (Lipinski definition) is 1. The molecule has 0 spiro atoms. The van der Waals surface area contributed by atoms with Crippen molar-refractivity contribution in [2.24, 2.45) is 0 Å². The van der Waals surface area contributed by atoms with Crippen molar-refractivity contribution in [3.8, 4) is 5.75 Å². The highest BCUT2D eigenvalue weighted by atomic mass is 16.6. The summed E-state index contributed by atoms with van der Waals surface area (Å²) >= 11 is 0. The van der Waals surface area contributed by atoms with Crippen molar-refractivity contribution in [1.82, 2.24) is 0 Å². The lowest BCUT2D eigenvalue weighted by atomic mass is 10.3. The molecule has 0 saturated heterocycles. The Morgan fingerprint density at radius 2 is 0.783 bits per heavy atom. The average molecular weight is 664 g/mol. The second kappa shape index (κ2) is 34.2. The number of ether oxygens (including phenoxy) is 12. The van der Waals surface area contributed by atoms with Crippen LogP contribution in [0.2, 0.25) is 0 Å². The van der Waals surface area contributed by atoms with Gasteiger partial charge in [-0.25, -0.2) is 0 Å². The van der Waals surface area contributed by atoms with Crippen molar-refractivity contribution < 1.29 is 61.6 Å². The van der Waals surface area contributed by atoms with Crippen LogP contribution in [-0.2, 0) is 56.9 Å². The lowest BCUT2D eigenvalue weighted by Crippen LogP contribution is -2.15. The highest BCUT2D eigenvalue weighted by molar-refractivity contribution is 5.69. The Balaban J connectivity index is 1.63. The Hall–Kier alpha value is -2.11. The summed E-state index contributed by atoms with van der Waals surface area (Å²) in [6, 6.07) is 7.37. The number of hydrogen-bond acceptors (Lipinski definition) is 14. The molecular formula is C32H57NO13. The van der Waals surface area contributed by atoms with Crippen LogP contribution in [0.5, 0.6) is 5.75 Å². The minimum absolute atomic E-state index is 0.190. The first-order chi connectivity index (χ1) is 22.7. The molecule has 0 radical (unpaired) electrons. The third-order valence-corrected chi connectivity index (χ3v) is 5.70. The van der Waals surface area contributed by atoms with Gasteiger partial charge < -0.3 is 62.6 Å². The fourth-order valence-corrected chi connectivity index (χ4v) is 3.39. The van der Waals surface area contributed by atoms with E-state index in [0.717, 1.165) is 6.42 Å². The van der Waals surface area contributed by atoms with Gasteiger partial charge >= 0.3 is 5.97 Å². The minimum Gasteiger partial charge on any atom is -0.489 e. The SMILES string of the molecule is CCCC(=O)OCCOCCOCCOCCOCCOCCOCCOCCOCCOCCOCCOc1ccccc1N. The first-order valence-electron chi connectivity index (χ1n) is 16.1. The van der Waals surface area contributed by atoms with Crippen LogP contribution in [0.15, 0.2) is 24.3 Å². The molecule has 0 unspecified atom stereocenters. The Kier molecular flexibility index (Phi) is 31.2. The highest BCUT2D eigenvalue weighted by Gasteiger charge is 2.01. The largest absolute Gasteiger partial charge is 0.489 e. The van der Waals surface area contributed by atoms with Gasteiger partial charge in [-0.15, -0.1) is 0 Å². The number of carbonyl (C=O) groups is 1. The summed E-state index contributed by atoms with van der Waals surface area (Å²) in [7, 11) is 0. The van der Waals surface area contributed by atoms with Crippen LogP contribution in [0.3, 0.4) is 0 Å². The third-order valence-electron chi connectivity index (χ3n) is 5.70. The molecule has 1 rings (SSSR count). The summed E-state index contributed by atoms with van der Waals surface area (Å²) in [6.45, 7) is 12.3. The predicted octanol–water partition coefficient (Wildman–Crippen LogP) is 2.16. The molecule has 14 heteroatoms. The molecule has 0 aromatic heterocycles. The monoisotopic (exact) mass is 663 g/mol. The van der Waals surface area contributed by atoms with Gasteiger partial charge in [-0.05, 0) is 18.6 Å². The molecule has 0 atom stereocenters. The lowest BCUT2D eigenvalue weighted by molar-refractivity contribution is -0.145. The number of benzene rings is 1. The molecule has 1 aromatic carbocycles. The topological polar surface area (TPSA) is 154 Å². The molecule has 46 heavy (non-hydrogen) atoms. The molecular weight excluding hydrogens is 606 g/mol. The zero-order valence-electron chi connectivity index (χ0n) is 27.7. The molecule has 1 aromatic rings. The summed E-state index contributed by atoms with van der Waals surface area (Å²) in [4.78, 5) is 11.2. The number of nitrogen functional groups attached to an aromatic ring is 1. The van der Waals surface area contributed by atoms with Crippen molar-refractivity contribution in [2.45, 2.75) is 19.8 Å². The molecule has 2 N–H and O–H groups in total. The fraction of sp³-hybridized carbons (Fsp3) is 0.781. The van der Waals surface area contributed by atoms with E-state index in [1.807, 2.05) is 25.1 Å². The number of anilines is 1. The van der Waals surface area contributed by atoms with Crippen LogP contribution in [-0.4, -0.2) is 151 Å². The molecule has 14 nitrogen and oxygen atoms in total. The molecule has 0 saturated carbocycles. The fourth-order valence-electron chi connectivity index (χ4n) is 3.39. The van der Waals surface area contributed by atoms with Crippen molar-refractivity contribution in [3.63, 3.8) is 0 Å². The summed E-state index contributed by atoms with van der Waals surface area (Å²) in [5.41, 5.74) is 6.43. The zero-order chi connectivity index (χ0) is 33.0. The molecule has 0 aliphatic carbocycles. The maximum Gasteiger partial charge on any atom is 0.305 e. The number of carbonyl (C=O) groups excluding carboxylic acids is 1. The van der Waals surface area contributed by atoms with Crippen molar-refractivity contribution in [3.05, 3.63) is 24.3 Å². The molecule has 0 bridgehead atoms. The van der Waals surface area contributed by atoms with Crippen LogP contribution >= 0.6 is 0 Å².